The number of nitrogens with two attached hydrogens (primary N) is 1. The number of imidazole rings is 1. The van der Waals surface area contributed by atoms with Crippen molar-refractivity contribution in [3.63, 3.8) is 0 Å². The number of nitrogens with one attached hydrogen (secondary N) is 1. The van der Waals surface area contributed by atoms with Gasteiger partial charge in [0.2, 0.25) is 0 Å². The third kappa shape index (κ3) is 2.70. The van der Waals surface area contributed by atoms with Crippen molar-refractivity contribution in [2.24, 2.45) is 5.73 Å². The fraction of sp³-hybridized carbons (Fsp3) is 0.350. The van der Waals surface area contributed by atoms with Crippen LogP contribution in [0.3, 0.4) is 0 Å². The minimum Gasteiger partial charge on any atom is -0.319 e. The number of hydrogen-bond acceptors (Lipinski definition) is 5. The van der Waals surface area contributed by atoms with Gasteiger partial charge >= 0.3 is 0 Å². The molecule has 0 atom stereocenters. The molecule has 4 heterocycles. The molecular formula is C20H23N7. The largest absolute Gasteiger partial charge is 0.319 e. The highest BCUT2D eigenvalue weighted by Crippen LogP contribution is 2.33. The molecule has 0 aliphatic heterocycles. The van der Waals surface area contributed by atoms with E-state index in [2.05, 4.69) is 33.6 Å². The van der Waals surface area contributed by atoms with Gasteiger partial charge in [-0.25, -0.2) is 14.5 Å². The summed E-state index contributed by atoms with van der Waals surface area (Å²) in [6.07, 6.45) is 13.6. The van der Waals surface area contributed by atoms with E-state index in [-0.39, 0.29) is 0 Å². The van der Waals surface area contributed by atoms with Gasteiger partial charge in [-0.05, 0) is 50.9 Å². The Balaban J connectivity index is 1.51. The summed E-state index contributed by atoms with van der Waals surface area (Å²) in [4.78, 5) is 8.97. The molecule has 7 heteroatoms. The smallest absolute Gasteiger partial charge is 0.169 e. The quantitative estimate of drug-likeness (QED) is 0.585. The Hall–Kier alpha value is -2.77. The fourth-order valence-corrected chi connectivity index (χ4v) is 4.10. The first-order chi connectivity index (χ1) is 13.2. The highest BCUT2D eigenvalue weighted by atomic mass is 15.3. The molecule has 1 aliphatic carbocycles. The molecule has 0 saturated heterocycles. The van der Waals surface area contributed by atoms with Crippen LogP contribution < -0.4 is 11.1 Å². The molecule has 138 valence electrons. The summed E-state index contributed by atoms with van der Waals surface area (Å²) >= 11 is 0. The van der Waals surface area contributed by atoms with Crippen LogP contribution in [-0.4, -0.2) is 37.1 Å². The Morgan fingerprint density at radius 1 is 1.15 bits per heavy atom. The number of aromatic nitrogens is 5. The first-order valence-corrected chi connectivity index (χ1v) is 9.40. The SMILES string of the molecule is CNC1CCC(N)(c2ncc3c(-c4ccc5nccn5c4)ccn3n2)CC1. The zero-order chi connectivity index (χ0) is 18.4. The molecule has 4 aromatic heterocycles. The molecule has 1 saturated carbocycles. The summed E-state index contributed by atoms with van der Waals surface area (Å²) in [6, 6.07) is 6.72. The van der Waals surface area contributed by atoms with Crippen LogP contribution in [0.4, 0.5) is 0 Å². The molecule has 0 radical (unpaired) electrons. The first kappa shape index (κ1) is 16.4. The van der Waals surface area contributed by atoms with E-state index in [1.165, 1.54) is 0 Å². The van der Waals surface area contributed by atoms with Crippen LogP contribution in [0.1, 0.15) is 31.5 Å². The van der Waals surface area contributed by atoms with Gasteiger partial charge in [0, 0.05) is 42.0 Å². The Bertz CT molecular complexity index is 1100. The van der Waals surface area contributed by atoms with Crippen molar-refractivity contribution in [2.45, 2.75) is 37.3 Å². The van der Waals surface area contributed by atoms with Gasteiger partial charge in [0.1, 0.15) is 5.65 Å². The molecule has 3 N–H and O–H groups in total. The maximum atomic E-state index is 6.68. The predicted molar refractivity (Wildman–Crippen MR) is 104 cm³/mol. The van der Waals surface area contributed by atoms with Crippen molar-refractivity contribution < 1.29 is 0 Å². The predicted octanol–water partition coefficient (Wildman–Crippen LogP) is 2.36. The third-order valence-corrected chi connectivity index (χ3v) is 5.85. The molecule has 0 aromatic carbocycles. The van der Waals surface area contributed by atoms with E-state index in [4.69, 9.17) is 10.8 Å². The zero-order valence-electron chi connectivity index (χ0n) is 15.3. The van der Waals surface area contributed by atoms with Crippen molar-refractivity contribution in [3.8, 4) is 11.1 Å². The molecule has 4 aromatic rings. The molecule has 0 amide bonds. The van der Waals surface area contributed by atoms with Crippen molar-refractivity contribution >= 4 is 11.2 Å². The van der Waals surface area contributed by atoms with Crippen LogP contribution in [0, 0.1) is 0 Å². The molecule has 0 spiro atoms. The number of nitrogens with zero attached hydrogens (tertiary/aromatic N) is 5. The number of fused-ring (bicyclic) bond motifs is 2. The van der Waals surface area contributed by atoms with E-state index in [1.54, 1.807) is 6.20 Å². The summed E-state index contributed by atoms with van der Waals surface area (Å²) < 4.78 is 3.91. The summed E-state index contributed by atoms with van der Waals surface area (Å²) in [6.45, 7) is 0. The van der Waals surface area contributed by atoms with E-state index in [9.17, 15) is 0 Å². The van der Waals surface area contributed by atoms with E-state index in [0.717, 1.165) is 53.8 Å². The summed E-state index contributed by atoms with van der Waals surface area (Å²) in [5.41, 5.74) is 10.4. The van der Waals surface area contributed by atoms with Crippen molar-refractivity contribution in [1.82, 2.24) is 29.3 Å². The topological polar surface area (TPSA) is 85.5 Å². The summed E-state index contributed by atoms with van der Waals surface area (Å²) in [5.74, 6) is 0.733. The van der Waals surface area contributed by atoms with Gasteiger partial charge in [-0.2, -0.15) is 5.10 Å². The molecule has 27 heavy (non-hydrogen) atoms. The van der Waals surface area contributed by atoms with Gasteiger partial charge < -0.3 is 15.5 Å². The molecular weight excluding hydrogens is 338 g/mol. The van der Waals surface area contributed by atoms with Gasteiger partial charge in [0.25, 0.3) is 0 Å². The Labute approximate surface area is 157 Å². The highest BCUT2D eigenvalue weighted by Gasteiger charge is 2.35. The molecule has 0 unspecified atom stereocenters. The molecule has 1 aliphatic rings. The lowest BCUT2D eigenvalue weighted by Crippen LogP contribution is -2.45. The van der Waals surface area contributed by atoms with Gasteiger partial charge in [0.05, 0.1) is 17.3 Å². The number of pyridine rings is 1. The Kier molecular flexibility index (Phi) is 3.73. The minimum atomic E-state index is -0.443. The summed E-state index contributed by atoms with van der Waals surface area (Å²) in [7, 11) is 2.01. The lowest BCUT2D eigenvalue weighted by molar-refractivity contribution is 0.245. The van der Waals surface area contributed by atoms with E-state index >= 15 is 0 Å². The number of rotatable bonds is 3. The van der Waals surface area contributed by atoms with Crippen LogP contribution in [-0.2, 0) is 5.54 Å². The van der Waals surface area contributed by atoms with Crippen molar-refractivity contribution in [3.05, 3.63) is 55.0 Å². The van der Waals surface area contributed by atoms with Crippen LogP contribution in [0.25, 0.3) is 22.3 Å². The minimum absolute atomic E-state index is 0.443. The second-order valence-electron chi connectivity index (χ2n) is 7.47. The standard InChI is InChI=1S/C20H23N7/c1-22-15-4-7-20(21,8-5-15)19-24-12-17-16(6-10-27(17)25-19)14-2-3-18-23-9-11-26(18)13-14/h2-3,6,9-13,15,22H,4-5,7-8,21H2,1H3. The zero-order valence-corrected chi connectivity index (χ0v) is 15.3. The Morgan fingerprint density at radius 2 is 2.00 bits per heavy atom. The van der Waals surface area contributed by atoms with Gasteiger partial charge in [-0.1, -0.05) is 0 Å². The highest BCUT2D eigenvalue weighted by molar-refractivity contribution is 5.80. The lowest BCUT2D eigenvalue weighted by Gasteiger charge is -2.35. The third-order valence-electron chi connectivity index (χ3n) is 5.85. The van der Waals surface area contributed by atoms with E-state index in [0.29, 0.717) is 6.04 Å². The number of hydrogen-bond donors (Lipinski definition) is 2. The van der Waals surface area contributed by atoms with Crippen LogP contribution in [0.5, 0.6) is 0 Å². The van der Waals surface area contributed by atoms with Gasteiger partial charge in [-0.15, -0.1) is 0 Å². The molecule has 1 fully saturated rings. The van der Waals surface area contributed by atoms with Crippen LogP contribution in [0.15, 0.2) is 49.2 Å². The maximum absolute atomic E-state index is 6.68. The van der Waals surface area contributed by atoms with E-state index in [1.807, 2.05) is 40.6 Å². The van der Waals surface area contributed by atoms with Crippen molar-refractivity contribution in [2.75, 3.05) is 7.05 Å². The molecule has 0 bridgehead atoms. The second kappa shape index (κ2) is 6.14. The first-order valence-electron chi connectivity index (χ1n) is 9.40. The van der Waals surface area contributed by atoms with Crippen LogP contribution in [0.2, 0.25) is 0 Å². The summed E-state index contributed by atoms with van der Waals surface area (Å²) in [5, 5.41) is 8.11. The normalized spacial score (nSPS) is 23.3. The molecule has 7 nitrogen and oxygen atoms in total. The Morgan fingerprint density at radius 3 is 2.81 bits per heavy atom. The van der Waals surface area contributed by atoms with Crippen LogP contribution >= 0.6 is 0 Å². The average molecular weight is 361 g/mol. The average Bonchev–Trinajstić information content (AvgIpc) is 3.34. The van der Waals surface area contributed by atoms with Gasteiger partial charge in [0.15, 0.2) is 5.82 Å². The molecule has 5 rings (SSSR count). The lowest BCUT2D eigenvalue weighted by atomic mass is 9.79. The van der Waals surface area contributed by atoms with E-state index < -0.39 is 5.54 Å². The maximum Gasteiger partial charge on any atom is 0.169 e. The fourth-order valence-electron chi connectivity index (χ4n) is 4.10. The van der Waals surface area contributed by atoms with Crippen molar-refractivity contribution in [1.29, 1.82) is 0 Å². The second-order valence-corrected chi connectivity index (χ2v) is 7.47. The van der Waals surface area contributed by atoms with Gasteiger partial charge in [-0.3, -0.25) is 0 Å². The monoisotopic (exact) mass is 361 g/mol.